The van der Waals surface area contributed by atoms with Gasteiger partial charge < -0.3 is 9.14 Å². The maximum atomic E-state index is 13.5. The summed E-state index contributed by atoms with van der Waals surface area (Å²) in [7, 11) is 0. The molecule has 0 spiro atoms. The first-order valence-electron chi connectivity index (χ1n) is 14.3. The van der Waals surface area contributed by atoms with E-state index < -0.39 is 0 Å². The Bertz CT molecular complexity index is 1870. The van der Waals surface area contributed by atoms with Gasteiger partial charge in [-0.05, 0) is 90.1 Å². The summed E-state index contributed by atoms with van der Waals surface area (Å²) < 4.78 is 8.59. The van der Waals surface area contributed by atoms with Crippen molar-refractivity contribution in [2.24, 2.45) is 5.92 Å². The smallest absolute Gasteiger partial charge is 0.261 e. The molecule has 5 aromatic rings. The molecule has 0 saturated heterocycles. The summed E-state index contributed by atoms with van der Waals surface area (Å²) in [6.45, 7) is 3.92. The highest BCUT2D eigenvalue weighted by molar-refractivity contribution is 9.10. The van der Waals surface area contributed by atoms with Crippen molar-refractivity contribution in [1.29, 1.82) is 0 Å². The highest BCUT2D eigenvalue weighted by atomic mass is 79.9. The van der Waals surface area contributed by atoms with E-state index in [4.69, 9.17) is 21.3 Å². The maximum Gasteiger partial charge on any atom is 0.261 e. The Morgan fingerprint density at radius 1 is 0.955 bits per heavy atom. The number of nitrogens with zero attached hydrogens (tertiary/aromatic N) is 3. The first-order chi connectivity index (χ1) is 21.2. The van der Waals surface area contributed by atoms with Gasteiger partial charge in [0, 0.05) is 36.5 Å². The van der Waals surface area contributed by atoms with E-state index in [1.807, 2.05) is 67.0 Å². The van der Waals surface area contributed by atoms with Crippen molar-refractivity contribution in [3.63, 3.8) is 0 Å². The number of pyridine rings is 1. The number of benzene rings is 3. The van der Waals surface area contributed by atoms with Gasteiger partial charge in [-0.25, -0.2) is 4.98 Å². The lowest BCUT2D eigenvalue weighted by Gasteiger charge is -2.23. The molecule has 0 fully saturated rings. The summed E-state index contributed by atoms with van der Waals surface area (Å²) >= 11 is 9.98. The zero-order valence-corrected chi connectivity index (χ0v) is 26.5. The van der Waals surface area contributed by atoms with Gasteiger partial charge in [0.05, 0.1) is 32.4 Å². The number of amides is 2. The average molecular weight is 671 g/mol. The number of aromatic nitrogens is 2. The van der Waals surface area contributed by atoms with Gasteiger partial charge in [-0.3, -0.25) is 19.3 Å². The highest BCUT2D eigenvalue weighted by Gasteiger charge is 2.36. The fourth-order valence-electron chi connectivity index (χ4n) is 5.53. The van der Waals surface area contributed by atoms with Gasteiger partial charge in [-0.15, -0.1) is 0 Å². The van der Waals surface area contributed by atoms with E-state index >= 15 is 0 Å². The number of ketones is 1. The first-order valence-corrected chi connectivity index (χ1v) is 15.5. The van der Waals surface area contributed by atoms with E-state index in [-0.39, 0.29) is 42.6 Å². The molecule has 3 heterocycles. The molecule has 1 atom stereocenters. The number of rotatable bonds is 10. The Balaban J connectivity index is 1.24. The molecule has 44 heavy (non-hydrogen) atoms. The van der Waals surface area contributed by atoms with Crippen LogP contribution in [0.4, 0.5) is 0 Å². The van der Waals surface area contributed by atoms with E-state index in [1.165, 1.54) is 4.90 Å². The number of Topliss-reactive ketones (excluding diaryl/α,β-unsaturated/α-hetero) is 1. The first kappa shape index (κ1) is 29.8. The van der Waals surface area contributed by atoms with Crippen LogP contribution >= 0.6 is 27.5 Å². The minimum Gasteiger partial charge on any atom is -0.489 e. The molecule has 2 amide bonds. The SMILES string of the molecule is CC(C)Oc1ccc(C(=O)C[C@@H](Cc2ccc(-c3cn4cccc(Br)c4n3)cc2)CN2C(=O)c3ccccc3C2=O)cc1Cl. The number of hydrogen-bond acceptors (Lipinski definition) is 5. The number of imidazole rings is 1. The zero-order chi connectivity index (χ0) is 31.0. The summed E-state index contributed by atoms with van der Waals surface area (Å²) in [6, 6.07) is 23.7. The molecule has 9 heteroatoms. The third-order valence-corrected chi connectivity index (χ3v) is 8.53. The van der Waals surface area contributed by atoms with Crippen LogP contribution in [0.25, 0.3) is 16.9 Å². The van der Waals surface area contributed by atoms with Crippen LogP contribution in [0, 0.1) is 5.92 Å². The van der Waals surface area contributed by atoms with Crippen molar-refractivity contribution in [2.75, 3.05) is 6.54 Å². The van der Waals surface area contributed by atoms with Crippen LogP contribution in [0.2, 0.25) is 5.02 Å². The Morgan fingerprint density at radius 3 is 2.30 bits per heavy atom. The Labute approximate surface area is 268 Å². The lowest BCUT2D eigenvalue weighted by atomic mass is 9.91. The van der Waals surface area contributed by atoms with E-state index in [0.29, 0.717) is 33.9 Å². The minimum absolute atomic E-state index is 0.0564. The van der Waals surface area contributed by atoms with E-state index in [0.717, 1.165) is 26.9 Å². The predicted octanol–water partition coefficient (Wildman–Crippen LogP) is 7.93. The highest BCUT2D eigenvalue weighted by Crippen LogP contribution is 2.30. The van der Waals surface area contributed by atoms with Gasteiger partial charge in [0.25, 0.3) is 11.8 Å². The summed E-state index contributed by atoms with van der Waals surface area (Å²) in [5.74, 6) is -0.619. The molecule has 1 aliphatic heterocycles. The van der Waals surface area contributed by atoms with Crippen LogP contribution in [-0.2, 0) is 6.42 Å². The Hall–Kier alpha value is -4.27. The number of imide groups is 1. The number of fused-ring (bicyclic) bond motifs is 2. The number of carbonyl (C=O) groups excluding carboxylic acids is 3. The number of hydrogen-bond donors (Lipinski definition) is 0. The largest absolute Gasteiger partial charge is 0.489 e. The molecule has 0 aliphatic carbocycles. The second-order valence-corrected chi connectivity index (χ2v) is 12.4. The molecule has 3 aromatic carbocycles. The molecule has 222 valence electrons. The Kier molecular flexibility index (Phi) is 8.38. The molecule has 0 saturated carbocycles. The van der Waals surface area contributed by atoms with Crippen LogP contribution in [0.3, 0.4) is 0 Å². The van der Waals surface area contributed by atoms with E-state index in [9.17, 15) is 14.4 Å². The van der Waals surface area contributed by atoms with Crippen molar-refractivity contribution >= 4 is 50.8 Å². The summed E-state index contributed by atoms with van der Waals surface area (Å²) in [6.07, 6.45) is 4.47. The summed E-state index contributed by atoms with van der Waals surface area (Å²) in [5, 5.41) is 0.357. The number of halogens is 2. The number of carbonyl (C=O) groups is 3. The standard InChI is InChI=1S/C35H29BrClN3O4/c1-21(2)44-32-14-13-25(18-29(32)37)31(41)17-23(19-40-34(42)26-6-3-4-7-27(26)35(40)43)16-22-9-11-24(12-10-22)30-20-39-15-5-8-28(36)33(39)38-30/h3-15,18,20-21,23H,16-17,19H2,1-2H3/t23-/m1/s1. The van der Waals surface area contributed by atoms with Crippen LogP contribution < -0.4 is 4.74 Å². The van der Waals surface area contributed by atoms with Crippen molar-refractivity contribution in [2.45, 2.75) is 32.8 Å². The third-order valence-electron chi connectivity index (χ3n) is 7.62. The molecule has 0 bridgehead atoms. The van der Waals surface area contributed by atoms with Crippen molar-refractivity contribution in [3.05, 3.63) is 123 Å². The predicted molar refractivity (Wildman–Crippen MR) is 173 cm³/mol. The van der Waals surface area contributed by atoms with Crippen LogP contribution in [0.1, 0.15) is 56.9 Å². The lowest BCUT2D eigenvalue weighted by molar-refractivity contribution is 0.0617. The Morgan fingerprint density at radius 2 is 1.66 bits per heavy atom. The third kappa shape index (κ3) is 6.05. The zero-order valence-electron chi connectivity index (χ0n) is 24.2. The van der Waals surface area contributed by atoms with Gasteiger partial charge in [-0.2, -0.15) is 0 Å². The molecule has 2 aromatic heterocycles. The fourth-order valence-corrected chi connectivity index (χ4v) is 6.20. The molecule has 1 aliphatic rings. The molecule has 0 unspecified atom stereocenters. The summed E-state index contributed by atoms with van der Waals surface area (Å²) in [5.41, 5.74) is 4.82. The molecular formula is C35H29BrClN3O4. The normalized spacial score (nSPS) is 13.5. The van der Waals surface area contributed by atoms with Gasteiger partial charge in [0.1, 0.15) is 5.75 Å². The van der Waals surface area contributed by atoms with Gasteiger partial charge in [0.15, 0.2) is 11.4 Å². The molecular weight excluding hydrogens is 642 g/mol. The van der Waals surface area contributed by atoms with E-state index in [2.05, 4.69) is 15.9 Å². The summed E-state index contributed by atoms with van der Waals surface area (Å²) in [4.78, 5) is 45.9. The fraction of sp³-hybridized carbons (Fsp3) is 0.200. The molecule has 7 nitrogen and oxygen atoms in total. The quantitative estimate of drug-likeness (QED) is 0.111. The van der Waals surface area contributed by atoms with Gasteiger partial charge in [0.2, 0.25) is 0 Å². The van der Waals surface area contributed by atoms with Gasteiger partial charge in [-0.1, -0.05) is 48.0 Å². The lowest BCUT2D eigenvalue weighted by Crippen LogP contribution is -2.36. The second kappa shape index (κ2) is 12.4. The molecule has 0 N–H and O–H groups in total. The van der Waals surface area contributed by atoms with Crippen LogP contribution in [0.15, 0.2) is 95.7 Å². The minimum atomic E-state index is -0.338. The monoisotopic (exact) mass is 669 g/mol. The second-order valence-electron chi connectivity index (χ2n) is 11.2. The van der Waals surface area contributed by atoms with Crippen molar-refractivity contribution in [3.8, 4) is 17.0 Å². The average Bonchev–Trinajstić information content (AvgIpc) is 3.55. The van der Waals surface area contributed by atoms with E-state index in [1.54, 1.807) is 42.5 Å². The van der Waals surface area contributed by atoms with Crippen molar-refractivity contribution < 1.29 is 19.1 Å². The van der Waals surface area contributed by atoms with Crippen molar-refractivity contribution in [1.82, 2.24) is 14.3 Å². The van der Waals surface area contributed by atoms with Gasteiger partial charge >= 0.3 is 0 Å². The molecule has 6 rings (SSSR count). The van der Waals surface area contributed by atoms with Crippen LogP contribution in [0.5, 0.6) is 5.75 Å². The van der Waals surface area contributed by atoms with Crippen LogP contribution in [-0.4, -0.2) is 44.5 Å². The molecule has 0 radical (unpaired) electrons. The maximum absolute atomic E-state index is 13.5. The topological polar surface area (TPSA) is 81.0 Å². The number of ether oxygens (including phenoxy) is 1.